The van der Waals surface area contributed by atoms with Crippen molar-refractivity contribution in [2.75, 3.05) is 7.05 Å². The van der Waals surface area contributed by atoms with Gasteiger partial charge in [0.05, 0.1) is 6.54 Å². The molecule has 2 unspecified atom stereocenters. The van der Waals surface area contributed by atoms with Gasteiger partial charge in [-0.25, -0.2) is 0 Å². The Balaban J connectivity index is 1.60. The summed E-state index contributed by atoms with van der Waals surface area (Å²) in [6, 6.07) is 6.23. The number of piperidine rings is 1. The predicted molar refractivity (Wildman–Crippen MR) is 70.8 cm³/mol. The third-order valence-electron chi connectivity index (χ3n) is 4.11. The Hall–Kier alpha value is -0.320. The molecule has 3 nitrogen and oxygen atoms in total. The van der Waals surface area contributed by atoms with Crippen molar-refractivity contribution in [2.24, 2.45) is 0 Å². The fraction of sp³-hybridized carbons (Fsp3) is 0.692. The van der Waals surface area contributed by atoms with Crippen LogP contribution >= 0.6 is 15.9 Å². The number of halogens is 1. The van der Waals surface area contributed by atoms with Gasteiger partial charge in [-0.15, -0.1) is 0 Å². The van der Waals surface area contributed by atoms with E-state index in [1.54, 1.807) is 0 Å². The first-order chi connectivity index (χ1) is 8.20. The standard InChI is InChI=1S/C13H19BrN2O/c1-16(8-12-4-5-13(14)17-12)11-6-9-2-3-10(7-11)15-9/h4-5,9-11,15H,2-3,6-8H2,1H3. The minimum Gasteiger partial charge on any atom is -0.453 e. The fourth-order valence-corrected chi connectivity index (χ4v) is 3.54. The van der Waals surface area contributed by atoms with E-state index in [2.05, 4.69) is 39.3 Å². The Kier molecular flexibility index (Phi) is 3.28. The fourth-order valence-electron chi connectivity index (χ4n) is 3.20. The van der Waals surface area contributed by atoms with Crippen LogP contribution in [0.3, 0.4) is 0 Å². The maximum absolute atomic E-state index is 5.57. The topological polar surface area (TPSA) is 28.4 Å². The van der Waals surface area contributed by atoms with Crippen molar-refractivity contribution < 1.29 is 4.42 Å². The Morgan fingerprint density at radius 3 is 2.65 bits per heavy atom. The molecule has 2 atom stereocenters. The van der Waals surface area contributed by atoms with Crippen LogP contribution in [0.15, 0.2) is 21.2 Å². The van der Waals surface area contributed by atoms with Gasteiger partial charge in [-0.3, -0.25) is 4.90 Å². The number of fused-ring (bicyclic) bond motifs is 2. The average Bonchev–Trinajstić information content (AvgIpc) is 2.85. The van der Waals surface area contributed by atoms with Gasteiger partial charge in [0.15, 0.2) is 4.67 Å². The SMILES string of the molecule is CN(Cc1ccc(Br)o1)C1CC2CCC(C1)N2. The van der Waals surface area contributed by atoms with E-state index >= 15 is 0 Å². The summed E-state index contributed by atoms with van der Waals surface area (Å²) < 4.78 is 6.40. The average molecular weight is 299 g/mol. The first-order valence-electron chi connectivity index (χ1n) is 6.41. The highest BCUT2D eigenvalue weighted by atomic mass is 79.9. The second-order valence-electron chi connectivity index (χ2n) is 5.38. The van der Waals surface area contributed by atoms with E-state index in [4.69, 9.17) is 4.42 Å². The van der Waals surface area contributed by atoms with E-state index in [1.165, 1.54) is 25.7 Å². The first kappa shape index (κ1) is 11.8. The van der Waals surface area contributed by atoms with Gasteiger partial charge in [0.1, 0.15) is 5.76 Å². The molecule has 0 spiro atoms. The molecule has 94 valence electrons. The van der Waals surface area contributed by atoms with Crippen LogP contribution in [0.4, 0.5) is 0 Å². The lowest BCUT2D eigenvalue weighted by molar-refractivity contribution is 0.156. The molecule has 17 heavy (non-hydrogen) atoms. The van der Waals surface area contributed by atoms with Crippen LogP contribution in [-0.4, -0.2) is 30.1 Å². The second kappa shape index (κ2) is 4.75. The van der Waals surface area contributed by atoms with Crippen molar-refractivity contribution in [2.45, 2.75) is 50.4 Å². The largest absolute Gasteiger partial charge is 0.453 e. The summed E-state index contributed by atoms with van der Waals surface area (Å²) in [5.41, 5.74) is 0. The van der Waals surface area contributed by atoms with Gasteiger partial charge in [-0.1, -0.05) is 0 Å². The Morgan fingerprint density at radius 1 is 1.35 bits per heavy atom. The van der Waals surface area contributed by atoms with Gasteiger partial charge < -0.3 is 9.73 Å². The number of hydrogen-bond donors (Lipinski definition) is 1. The zero-order valence-corrected chi connectivity index (χ0v) is 11.7. The van der Waals surface area contributed by atoms with E-state index in [0.717, 1.165) is 29.1 Å². The lowest BCUT2D eigenvalue weighted by Gasteiger charge is -2.35. The highest BCUT2D eigenvalue weighted by Crippen LogP contribution is 2.30. The molecule has 2 aliphatic heterocycles. The van der Waals surface area contributed by atoms with Crippen LogP contribution in [0.25, 0.3) is 0 Å². The van der Waals surface area contributed by atoms with Crippen LogP contribution < -0.4 is 5.32 Å². The number of nitrogens with one attached hydrogen (secondary N) is 1. The van der Waals surface area contributed by atoms with Crippen molar-refractivity contribution >= 4 is 15.9 Å². The third-order valence-corrected chi connectivity index (χ3v) is 4.53. The molecule has 3 heterocycles. The second-order valence-corrected chi connectivity index (χ2v) is 6.17. The van der Waals surface area contributed by atoms with E-state index < -0.39 is 0 Å². The van der Waals surface area contributed by atoms with Crippen molar-refractivity contribution in [3.05, 3.63) is 22.6 Å². The molecule has 3 rings (SSSR count). The first-order valence-corrected chi connectivity index (χ1v) is 7.20. The summed E-state index contributed by atoms with van der Waals surface area (Å²) in [5, 5.41) is 3.69. The maximum atomic E-state index is 5.57. The lowest BCUT2D eigenvalue weighted by Crippen LogP contribution is -2.46. The molecule has 2 saturated heterocycles. The molecule has 1 aromatic rings. The summed E-state index contributed by atoms with van der Waals surface area (Å²) in [6.45, 7) is 0.912. The van der Waals surface area contributed by atoms with E-state index in [1.807, 2.05) is 6.07 Å². The van der Waals surface area contributed by atoms with Crippen molar-refractivity contribution in [1.82, 2.24) is 10.2 Å². The van der Waals surface area contributed by atoms with Crippen molar-refractivity contribution in [3.63, 3.8) is 0 Å². The van der Waals surface area contributed by atoms with Gasteiger partial charge in [-0.2, -0.15) is 0 Å². The zero-order chi connectivity index (χ0) is 11.8. The molecule has 2 bridgehead atoms. The van der Waals surface area contributed by atoms with Crippen LogP contribution in [0.1, 0.15) is 31.4 Å². The van der Waals surface area contributed by atoms with Gasteiger partial charge in [0.25, 0.3) is 0 Å². The molecule has 2 aliphatic rings. The Bertz CT molecular complexity index is 381. The molecule has 0 saturated carbocycles. The van der Waals surface area contributed by atoms with Crippen LogP contribution in [0, 0.1) is 0 Å². The Morgan fingerprint density at radius 2 is 2.06 bits per heavy atom. The highest BCUT2D eigenvalue weighted by molar-refractivity contribution is 9.10. The van der Waals surface area contributed by atoms with Gasteiger partial charge >= 0.3 is 0 Å². The van der Waals surface area contributed by atoms with Gasteiger partial charge in [-0.05, 0) is 60.8 Å². The number of furan rings is 1. The number of nitrogens with zero attached hydrogens (tertiary/aromatic N) is 1. The summed E-state index contributed by atoms with van der Waals surface area (Å²) >= 11 is 3.35. The minimum atomic E-state index is 0.706. The summed E-state index contributed by atoms with van der Waals surface area (Å²) in [4.78, 5) is 2.44. The molecule has 0 radical (unpaired) electrons. The lowest BCUT2D eigenvalue weighted by atomic mass is 9.98. The van der Waals surface area contributed by atoms with Crippen LogP contribution in [0.5, 0.6) is 0 Å². The third kappa shape index (κ3) is 2.59. The molecular formula is C13H19BrN2O. The molecule has 1 aromatic heterocycles. The predicted octanol–water partition coefficient (Wildman–Crippen LogP) is 2.76. The molecule has 0 aliphatic carbocycles. The van der Waals surface area contributed by atoms with Crippen LogP contribution in [0.2, 0.25) is 0 Å². The normalized spacial score (nSPS) is 32.3. The number of rotatable bonds is 3. The summed E-state index contributed by atoms with van der Waals surface area (Å²) in [6.07, 6.45) is 5.30. The molecule has 4 heteroatoms. The molecule has 0 aromatic carbocycles. The molecular weight excluding hydrogens is 280 g/mol. The summed E-state index contributed by atoms with van der Waals surface area (Å²) in [5.74, 6) is 1.05. The van der Waals surface area contributed by atoms with E-state index in [0.29, 0.717) is 6.04 Å². The Labute approximate surface area is 111 Å². The minimum absolute atomic E-state index is 0.706. The van der Waals surface area contributed by atoms with Gasteiger partial charge in [0.2, 0.25) is 0 Å². The molecule has 2 fully saturated rings. The maximum Gasteiger partial charge on any atom is 0.169 e. The number of hydrogen-bond acceptors (Lipinski definition) is 3. The quantitative estimate of drug-likeness (QED) is 0.930. The monoisotopic (exact) mass is 298 g/mol. The van der Waals surface area contributed by atoms with E-state index in [-0.39, 0.29) is 0 Å². The van der Waals surface area contributed by atoms with E-state index in [9.17, 15) is 0 Å². The zero-order valence-electron chi connectivity index (χ0n) is 10.2. The van der Waals surface area contributed by atoms with Crippen LogP contribution in [-0.2, 0) is 6.54 Å². The molecule has 1 N–H and O–H groups in total. The summed E-state index contributed by atoms with van der Waals surface area (Å²) in [7, 11) is 2.21. The van der Waals surface area contributed by atoms with Crippen molar-refractivity contribution in [1.29, 1.82) is 0 Å². The van der Waals surface area contributed by atoms with Crippen molar-refractivity contribution in [3.8, 4) is 0 Å². The highest BCUT2D eigenvalue weighted by Gasteiger charge is 2.35. The smallest absolute Gasteiger partial charge is 0.169 e. The molecule has 0 amide bonds. The van der Waals surface area contributed by atoms with Gasteiger partial charge in [0, 0.05) is 18.1 Å².